The predicted octanol–water partition coefficient (Wildman–Crippen LogP) is 0.361. The standard InChI is InChI=1S/C22H27N3O4/c1-28-19-9-8-17(14-20(19)29-2)15-23-21(26)16-24-10-12-25(13-11-24)22(27)18-6-4-3-5-7-18/h3-9,14H,10-13,15-16H2,1-2H3,(H,23,26)/p+1. The maximum atomic E-state index is 12.5. The number of nitrogens with zero attached hydrogens (tertiary/aromatic N) is 1. The highest BCUT2D eigenvalue weighted by atomic mass is 16.5. The Hall–Kier alpha value is -3.06. The number of amides is 2. The van der Waals surface area contributed by atoms with Crippen LogP contribution in [0.15, 0.2) is 48.5 Å². The van der Waals surface area contributed by atoms with Gasteiger partial charge in [-0.25, -0.2) is 0 Å². The van der Waals surface area contributed by atoms with Crippen molar-refractivity contribution in [1.29, 1.82) is 0 Å². The molecule has 1 heterocycles. The van der Waals surface area contributed by atoms with E-state index in [0.717, 1.165) is 18.7 Å². The van der Waals surface area contributed by atoms with E-state index in [-0.39, 0.29) is 11.8 Å². The number of hydrogen-bond acceptors (Lipinski definition) is 4. The lowest BCUT2D eigenvalue weighted by atomic mass is 10.2. The highest BCUT2D eigenvalue weighted by Gasteiger charge is 2.25. The topological polar surface area (TPSA) is 72.3 Å². The van der Waals surface area contributed by atoms with Gasteiger partial charge in [0.15, 0.2) is 18.0 Å². The summed E-state index contributed by atoms with van der Waals surface area (Å²) in [6.45, 7) is 3.69. The van der Waals surface area contributed by atoms with Crippen LogP contribution in [0.4, 0.5) is 0 Å². The summed E-state index contributed by atoms with van der Waals surface area (Å²) in [7, 11) is 3.18. The molecule has 0 atom stereocenters. The molecular formula is C22H28N3O4+. The zero-order valence-corrected chi connectivity index (χ0v) is 16.9. The molecular weight excluding hydrogens is 370 g/mol. The molecule has 1 aliphatic rings. The summed E-state index contributed by atoms with van der Waals surface area (Å²) in [5, 5.41) is 2.96. The van der Waals surface area contributed by atoms with Crippen LogP contribution in [-0.2, 0) is 11.3 Å². The van der Waals surface area contributed by atoms with Crippen molar-refractivity contribution in [3.8, 4) is 11.5 Å². The summed E-state index contributed by atoms with van der Waals surface area (Å²) in [6.07, 6.45) is 0. The quantitative estimate of drug-likeness (QED) is 0.707. The molecule has 0 radical (unpaired) electrons. The molecule has 0 bridgehead atoms. The van der Waals surface area contributed by atoms with E-state index in [1.807, 2.05) is 53.4 Å². The van der Waals surface area contributed by atoms with E-state index in [1.54, 1.807) is 14.2 Å². The molecule has 1 fully saturated rings. The number of nitrogens with one attached hydrogen (secondary N) is 2. The average molecular weight is 398 g/mol. The Labute approximate surface area is 171 Å². The van der Waals surface area contributed by atoms with Crippen molar-refractivity contribution in [2.75, 3.05) is 46.9 Å². The van der Waals surface area contributed by atoms with E-state index in [9.17, 15) is 9.59 Å². The summed E-state index contributed by atoms with van der Waals surface area (Å²) in [5.41, 5.74) is 1.66. The van der Waals surface area contributed by atoms with Gasteiger partial charge in [0.2, 0.25) is 0 Å². The summed E-state index contributed by atoms with van der Waals surface area (Å²) in [4.78, 5) is 27.9. The molecule has 154 valence electrons. The summed E-state index contributed by atoms with van der Waals surface area (Å²) in [5.74, 6) is 1.36. The summed E-state index contributed by atoms with van der Waals surface area (Å²) in [6, 6.07) is 14.9. The first-order valence-corrected chi connectivity index (χ1v) is 9.76. The maximum absolute atomic E-state index is 12.5. The van der Waals surface area contributed by atoms with Crippen molar-refractivity contribution >= 4 is 11.8 Å². The number of carbonyl (C=O) groups is 2. The number of piperazine rings is 1. The van der Waals surface area contributed by atoms with Crippen LogP contribution >= 0.6 is 0 Å². The summed E-state index contributed by atoms with van der Waals surface area (Å²) >= 11 is 0. The van der Waals surface area contributed by atoms with Crippen LogP contribution in [0.5, 0.6) is 11.5 Å². The van der Waals surface area contributed by atoms with Crippen LogP contribution in [0.25, 0.3) is 0 Å². The number of methoxy groups -OCH3 is 2. The lowest BCUT2D eigenvalue weighted by Crippen LogP contribution is -3.15. The fraction of sp³-hybridized carbons (Fsp3) is 0.364. The molecule has 0 saturated carbocycles. The molecule has 0 unspecified atom stereocenters. The SMILES string of the molecule is COc1ccc(CNC(=O)C[NH+]2CCN(C(=O)c3ccccc3)CC2)cc1OC. The zero-order chi connectivity index (χ0) is 20.6. The van der Waals surface area contributed by atoms with E-state index in [1.165, 1.54) is 4.90 Å². The number of hydrogen-bond donors (Lipinski definition) is 2. The second-order valence-electron chi connectivity index (χ2n) is 7.05. The third kappa shape index (κ3) is 5.48. The van der Waals surface area contributed by atoms with E-state index in [2.05, 4.69) is 5.32 Å². The van der Waals surface area contributed by atoms with Crippen LogP contribution in [-0.4, -0.2) is 63.7 Å². The van der Waals surface area contributed by atoms with Gasteiger partial charge < -0.3 is 24.6 Å². The highest BCUT2D eigenvalue weighted by Crippen LogP contribution is 2.27. The molecule has 2 aromatic carbocycles. The second-order valence-corrected chi connectivity index (χ2v) is 7.05. The Morgan fingerprint density at radius 1 is 1.00 bits per heavy atom. The predicted molar refractivity (Wildman–Crippen MR) is 109 cm³/mol. The smallest absolute Gasteiger partial charge is 0.275 e. The van der Waals surface area contributed by atoms with Gasteiger partial charge in [-0.1, -0.05) is 24.3 Å². The minimum atomic E-state index is -0.00220. The van der Waals surface area contributed by atoms with Gasteiger partial charge >= 0.3 is 0 Å². The average Bonchev–Trinajstić information content (AvgIpc) is 2.78. The van der Waals surface area contributed by atoms with Crippen molar-refractivity contribution in [1.82, 2.24) is 10.2 Å². The normalized spacial score (nSPS) is 14.3. The molecule has 0 aliphatic carbocycles. The Balaban J connectivity index is 1.43. The number of carbonyl (C=O) groups excluding carboxylic acids is 2. The van der Waals surface area contributed by atoms with Crippen LogP contribution in [0.1, 0.15) is 15.9 Å². The van der Waals surface area contributed by atoms with Gasteiger partial charge in [-0.3, -0.25) is 9.59 Å². The minimum absolute atomic E-state index is 0.00220. The highest BCUT2D eigenvalue weighted by molar-refractivity contribution is 5.94. The van der Waals surface area contributed by atoms with Crippen LogP contribution < -0.4 is 19.7 Å². The molecule has 1 aliphatic heterocycles. The van der Waals surface area contributed by atoms with Crippen molar-refractivity contribution in [2.45, 2.75) is 6.54 Å². The van der Waals surface area contributed by atoms with Crippen molar-refractivity contribution < 1.29 is 24.0 Å². The number of benzene rings is 2. The van der Waals surface area contributed by atoms with Crippen LogP contribution in [0, 0.1) is 0 Å². The van der Waals surface area contributed by atoms with Gasteiger partial charge in [-0.05, 0) is 29.8 Å². The monoisotopic (exact) mass is 398 g/mol. The van der Waals surface area contributed by atoms with Gasteiger partial charge in [0.25, 0.3) is 11.8 Å². The first-order valence-electron chi connectivity index (χ1n) is 9.76. The van der Waals surface area contributed by atoms with Crippen LogP contribution in [0.3, 0.4) is 0 Å². The molecule has 2 aromatic rings. The molecule has 29 heavy (non-hydrogen) atoms. The fourth-order valence-corrected chi connectivity index (χ4v) is 3.45. The van der Waals surface area contributed by atoms with E-state index in [0.29, 0.717) is 43.2 Å². The van der Waals surface area contributed by atoms with Gasteiger partial charge in [-0.15, -0.1) is 0 Å². The third-order valence-corrected chi connectivity index (χ3v) is 5.13. The van der Waals surface area contributed by atoms with Crippen LogP contribution in [0.2, 0.25) is 0 Å². The maximum Gasteiger partial charge on any atom is 0.275 e. The van der Waals surface area contributed by atoms with Crippen molar-refractivity contribution in [3.05, 3.63) is 59.7 Å². The van der Waals surface area contributed by atoms with Gasteiger partial charge in [0.1, 0.15) is 0 Å². The van der Waals surface area contributed by atoms with Crippen molar-refractivity contribution in [3.63, 3.8) is 0 Å². The Morgan fingerprint density at radius 2 is 1.69 bits per heavy atom. The lowest BCUT2D eigenvalue weighted by molar-refractivity contribution is -0.896. The van der Waals surface area contributed by atoms with E-state index < -0.39 is 0 Å². The minimum Gasteiger partial charge on any atom is -0.493 e. The molecule has 0 spiro atoms. The molecule has 2 N–H and O–H groups in total. The lowest BCUT2D eigenvalue weighted by Gasteiger charge is -2.32. The third-order valence-electron chi connectivity index (χ3n) is 5.13. The van der Waals surface area contributed by atoms with Gasteiger partial charge in [0, 0.05) is 12.1 Å². The Kier molecular flexibility index (Phi) is 7.08. The number of rotatable bonds is 7. The molecule has 2 amide bonds. The molecule has 0 aromatic heterocycles. The Bertz CT molecular complexity index is 833. The largest absolute Gasteiger partial charge is 0.493 e. The number of ether oxygens (including phenoxy) is 2. The van der Waals surface area contributed by atoms with Crippen molar-refractivity contribution in [2.24, 2.45) is 0 Å². The zero-order valence-electron chi connectivity index (χ0n) is 16.9. The molecule has 7 heteroatoms. The van der Waals surface area contributed by atoms with E-state index in [4.69, 9.17) is 9.47 Å². The first-order chi connectivity index (χ1) is 14.1. The first kappa shape index (κ1) is 20.7. The van der Waals surface area contributed by atoms with Gasteiger partial charge in [-0.2, -0.15) is 0 Å². The number of quaternary nitrogens is 1. The molecule has 7 nitrogen and oxygen atoms in total. The summed E-state index contributed by atoms with van der Waals surface area (Å²) < 4.78 is 10.5. The molecule has 1 saturated heterocycles. The Morgan fingerprint density at radius 3 is 2.34 bits per heavy atom. The van der Waals surface area contributed by atoms with E-state index >= 15 is 0 Å². The molecule has 3 rings (SSSR count). The fourth-order valence-electron chi connectivity index (χ4n) is 3.45. The van der Waals surface area contributed by atoms with Gasteiger partial charge in [0.05, 0.1) is 40.4 Å². The second kappa shape index (κ2) is 9.93.